The van der Waals surface area contributed by atoms with E-state index < -0.39 is 0 Å². The van der Waals surface area contributed by atoms with Crippen LogP contribution in [0, 0.1) is 6.92 Å². The maximum absolute atomic E-state index is 12.8. The molecule has 2 aliphatic rings. The first-order chi connectivity index (χ1) is 11.7. The van der Waals surface area contributed by atoms with Crippen LogP contribution in [-0.2, 0) is 17.9 Å². The minimum atomic E-state index is -0.0182. The van der Waals surface area contributed by atoms with E-state index in [4.69, 9.17) is 9.47 Å². The molecule has 0 unspecified atom stereocenters. The van der Waals surface area contributed by atoms with Crippen LogP contribution >= 0.6 is 0 Å². The number of aryl methyl sites for hydroxylation is 1. The highest BCUT2D eigenvalue weighted by Crippen LogP contribution is 2.35. The molecule has 0 fully saturated rings. The van der Waals surface area contributed by atoms with Gasteiger partial charge in [-0.2, -0.15) is 0 Å². The largest absolute Gasteiger partial charge is 0.493 e. The molecule has 0 bridgehead atoms. The highest BCUT2D eigenvalue weighted by Gasteiger charge is 2.28. The summed E-state index contributed by atoms with van der Waals surface area (Å²) in [5.41, 5.74) is 1.50. The number of carbonyl (C=O) groups excluding carboxylic acids is 1. The van der Waals surface area contributed by atoms with Crippen molar-refractivity contribution in [2.24, 2.45) is 0 Å². The standard InChI is InChI=1S/C17H18N4O3/c1-11-18-19-15-9-20(6-7-21(11)15)17(22)13-8-12-4-3-5-14(23-2)16(12)24-10-13/h3-5,8H,6-7,9-10H2,1-2H3. The molecule has 0 atom stereocenters. The minimum absolute atomic E-state index is 0.0182. The van der Waals surface area contributed by atoms with E-state index in [9.17, 15) is 4.79 Å². The van der Waals surface area contributed by atoms with Crippen LogP contribution in [0.5, 0.6) is 11.5 Å². The summed E-state index contributed by atoms with van der Waals surface area (Å²) in [6.07, 6.45) is 1.88. The predicted octanol–water partition coefficient (Wildman–Crippen LogP) is 1.41. The monoisotopic (exact) mass is 326 g/mol. The lowest BCUT2D eigenvalue weighted by Crippen LogP contribution is -2.40. The van der Waals surface area contributed by atoms with Gasteiger partial charge in [0.1, 0.15) is 12.4 Å². The van der Waals surface area contributed by atoms with E-state index >= 15 is 0 Å². The van der Waals surface area contributed by atoms with Gasteiger partial charge in [-0.05, 0) is 19.1 Å². The Labute approximate surface area is 139 Å². The average molecular weight is 326 g/mol. The van der Waals surface area contributed by atoms with Crippen LogP contribution in [0.4, 0.5) is 0 Å². The number of hydrogen-bond acceptors (Lipinski definition) is 5. The van der Waals surface area contributed by atoms with Crippen molar-refractivity contribution in [3.05, 3.63) is 41.0 Å². The van der Waals surface area contributed by atoms with Crippen molar-refractivity contribution in [2.75, 3.05) is 20.3 Å². The molecule has 0 spiro atoms. The number of amides is 1. The summed E-state index contributed by atoms with van der Waals surface area (Å²) >= 11 is 0. The minimum Gasteiger partial charge on any atom is -0.493 e. The van der Waals surface area contributed by atoms with Gasteiger partial charge in [-0.3, -0.25) is 4.79 Å². The zero-order valence-electron chi connectivity index (χ0n) is 13.7. The molecular formula is C17H18N4O3. The normalized spacial score (nSPS) is 15.9. The van der Waals surface area contributed by atoms with Crippen molar-refractivity contribution in [3.63, 3.8) is 0 Å². The molecule has 0 radical (unpaired) electrons. The molecule has 0 aliphatic carbocycles. The van der Waals surface area contributed by atoms with Gasteiger partial charge in [0.15, 0.2) is 17.3 Å². The molecule has 4 rings (SSSR count). The number of para-hydroxylation sites is 1. The molecular weight excluding hydrogens is 308 g/mol. The number of carbonyl (C=O) groups is 1. The van der Waals surface area contributed by atoms with Gasteiger partial charge in [-0.15, -0.1) is 10.2 Å². The zero-order valence-corrected chi connectivity index (χ0v) is 13.7. The van der Waals surface area contributed by atoms with Crippen molar-refractivity contribution in [1.82, 2.24) is 19.7 Å². The van der Waals surface area contributed by atoms with Crippen LogP contribution in [0.2, 0.25) is 0 Å². The summed E-state index contributed by atoms with van der Waals surface area (Å²) in [7, 11) is 1.61. The van der Waals surface area contributed by atoms with Gasteiger partial charge in [0, 0.05) is 18.7 Å². The quantitative estimate of drug-likeness (QED) is 0.835. The Balaban J connectivity index is 1.58. The Bertz CT molecular complexity index is 840. The molecule has 1 amide bonds. The third kappa shape index (κ3) is 2.33. The Morgan fingerprint density at radius 1 is 1.29 bits per heavy atom. The molecule has 3 heterocycles. The first-order valence-corrected chi connectivity index (χ1v) is 7.85. The van der Waals surface area contributed by atoms with E-state index in [0.29, 0.717) is 30.2 Å². The van der Waals surface area contributed by atoms with Crippen molar-refractivity contribution in [1.29, 1.82) is 0 Å². The summed E-state index contributed by atoms with van der Waals surface area (Å²) in [5.74, 6) is 3.06. The number of aromatic nitrogens is 3. The van der Waals surface area contributed by atoms with Crippen LogP contribution in [0.25, 0.3) is 6.08 Å². The number of hydrogen-bond donors (Lipinski definition) is 0. The summed E-state index contributed by atoms with van der Waals surface area (Å²) in [5, 5.41) is 8.22. The highest BCUT2D eigenvalue weighted by atomic mass is 16.5. The summed E-state index contributed by atoms with van der Waals surface area (Å²) < 4.78 is 13.1. The van der Waals surface area contributed by atoms with E-state index in [1.807, 2.05) is 31.2 Å². The summed E-state index contributed by atoms with van der Waals surface area (Å²) in [6.45, 7) is 4.01. The summed E-state index contributed by atoms with van der Waals surface area (Å²) in [4.78, 5) is 14.6. The van der Waals surface area contributed by atoms with Crippen LogP contribution in [0.15, 0.2) is 23.8 Å². The molecule has 0 saturated heterocycles. The third-order valence-corrected chi connectivity index (χ3v) is 4.43. The average Bonchev–Trinajstić information content (AvgIpc) is 3.00. The number of benzene rings is 1. The molecule has 24 heavy (non-hydrogen) atoms. The lowest BCUT2D eigenvalue weighted by atomic mass is 10.1. The molecule has 1 aromatic heterocycles. The molecule has 124 valence electrons. The van der Waals surface area contributed by atoms with Gasteiger partial charge < -0.3 is 18.9 Å². The van der Waals surface area contributed by atoms with E-state index in [1.165, 1.54) is 0 Å². The third-order valence-electron chi connectivity index (χ3n) is 4.43. The molecule has 7 heteroatoms. The Kier molecular flexibility index (Phi) is 3.48. The first-order valence-electron chi connectivity index (χ1n) is 7.85. The number of rotatable bonds is 2. The predicted molar refractivity (Wildman–Crippen MR) is 86.6 cm³/mol. The van der Waals surface area contributed by atoms with Crippen molar-refractivity contribution in [3.8, 4) is 11.5 Å². The summed E-state index contributed by atoms with van der Waals surface area (Å²) in [6, 6.07) is 5.65. The maximum atomic E-state index is 12.8. The fourth-order valence-corrected chi connectivity index (χ4v) is 3.14. The smallest absolute Gasteiger partial charge is 0.253 e. The second kappa shape index (κ2) is 5.67. The SMILES string of the molecule is COc1cccc2c1OCC(C(=O)N1CCn3c(C)nnc3C1)=C2. The molecule has 2 aliphatic heterocycles. The van der Waals surface area contributed by atoms with Crippen LogP contribution < -0.4 is 9.47 Å². The lowest BCUT2D eigenvalue weighted by Gasteiger charge is -2.29. The fraction of sp³-hybridized carbons (Fsp3) is 0.353. The first kappa shape index (κ1) is 14.7. The van der Waals surface area contributed by atoms with E-state index in [1.54, 1.807) is 12.0 Å². The van der Waals surface area contributed by atoms with Gasteiger partial charge in [-0.25, -0.2) is 0 Å². The van der Waals surface area contributed by atoms with Crippen LogP contribution in [-0.4, -0.2) is 45.8 Å². The van der Waals surface area contributed by atoms with Crippen LogP contribution in [0.1, 0.15) is 17.2 Å². The Morgan fingerprint density at radius 3 is 3.00 bits per heavy atom. The molecule has 1 aromatic carbocycles. The van der Waals surface area contributed by atoms with Gasteiger partial charge in [-0.1, -0.05) is 12.1 Å². The number of methoxy groups -OCH3 is 1. The van der Waals surface area contributed by atoms with Crippen LogP contribution in [0.3, 0.4) is 0 Å². The van der Waals surface area contributed by atoms with Crippen molar-refractivity contribution < 1.29 is 14.3 Å². The lowest BCUT2D eigenvalue weighted by molar-refractivity contribution is -0.128. The topological polar surface area (TPSA) is 69.5 Å². The number of nitrogens with zero attached hydrogens (tertiary/aromatic N) is 4. The van der Waals surface area contributed by atoms with Crippen molar-refractivity contribution in [2.45, 2.75) is 20.0 Å². The fourth-order valence-electron chi connectivity index (χ4n) is 3.14. The van der Waals surface area contributed by atoms with E-state index in [0.717, 1.165) is 23.8 Å². The molecule has 2 aromatic rings. The Hall–Kier alpha value is -2.83. The molecule has 7 nitrogen and oxygen atoms in total. The van der Waals surface area contributed by atoms with Crippen molar-refractivity contribution >= 4 is 12.0 Å². The number of ether oxygens (including phenoxy) is 2. The van der Waals surface area contributed by atoms with Gasteiger partial charge in [0.05, 0.1) is 19.2 Å². The second-order valence-electron chi connectivity index (χ2n) is 5.88. The van der Waals surface area contributed by atoms with Gasteiger partial charge >= 0.3 is 0 Å². The maximum Gasteiger partial charge on any atom is 0.253 e. The number of fused-ring (bicyclic) bond motifs is 2. The van der Waals surface area contributed by atoms with Gasteiger partial charge in [0.25, 0.3) is 5.91 Å². The zero-order chi connectivity index (χ0) is 16.7. The van der Waals surface area contributed by atoms with E-state index in [-0.39, 0.29) is 12.5 Å². The molecule has 0 saturated carbocycles. The second-order valence-corrected chi connectivity index (χ2v) is 5.88. The highest BCUT2D eigenvalue weighted by molar-refractivity contribution is 5.99. The molecule has 0 N–H and O–H groups in total. The Morgan fingerprint density at radius 2 is 2.17 bits per heavy atom. The van der Waals surface area contributed by atoms with E-state index in [2.05, 4.69) is 14.8 Å². The van der Waals surface area contributed by atoms with Gasteiger partial charge in [0.2, 0.25) is 0 Å².